The van der Waals surface area contributed by atoms with Crippen LogP contribution in [-0.2, 0) is 49.3 Å². The first-order chi connectivity index (χ1) is 16.3. The van der Waals surface area contributed by atoms with Gasteiger partial charge in [0.25, 0.3) is 0 Å². The molecule has 0 unspecified atom stereocenters. The Morgan fingerprint density at radius 1 is 0.857 bits per heavy atom. The predicted octanol–water partition coefficient (Wildman–Crippen LogP) is 1.88. The summed E-state index contributed by atoms with van der Waals surface area (Å²) in [7, 11) is 1.26. The standard InChI is InChI=1S/C24H31NO10/c1-13(26)32-20-11-24(35-16(4)29,12-21(33-14(2)27)22(20)34-15(3)28)7-6-17-8-18(23(30)31-5)10-19(25)9-17/h8-10,20-22H,6-7,11-12,25H2,1-5H3/t20-,21-,22?,24?/m1/s1. The topological polar surface area (TPSA) is 158 Å². The van der Waals surface area contributed by atoms with Crippen LogP contribution in [0.3, 0.4) is 0 Å². The average Bonchev–Trinajstić information content (AvgIpc) is 2.72. The van der Waals surface area contributed by atoms with Crippen molar-refractivity contribution in [2.45, 2.75) is 77.3 Å². The summed E-state index contributed by atoms with van der Waals surface area (Å²) in [6.07, 6.45) is -2.66. The van der Waals surface area contributed by atoms with Crippen molar-refractivity contribution < 1.29 is 47.7 Å². The monoisotopic (exact) mass is 493 g/mol. The SMILES string of the molecule is COC(=O)c1cc(N)cc(CCC2(OC(C)=O)C[C@@H](OC(C)=O)C(OC(C)=O)[C@H](OC(C)=O)C2)c1. The lowest BCUT2D eigenvalue weighted by Crippen LogP contribution is -2.57. The number of benzene rings is 1. The fourth-order valence-corrected chi connectivity index (χ4v) is 4.39. The lowest BCUT2D eigenvalue weighted by atomic mass is 9.76. The van der Waals surface area contributed by atoms with Gasteiger partial charge in [-0.25, -0.2) is 4.79 Å². The molecule has 0 amide bonds. The Hall–Kier alpha value is -3.63. The predicted molar refractivity (Wildman–Crippen MR) is 121 cm³/mol. The molecule has 0 spiro atoms. The molecule has 2 N–H and O–H groups in total. The van der Waals surface area contributed by atoms with Gasteiger partial charge in [0.1, 0.15) is 17.8 Å². The number of nitrogens with two attached hydrogens (primary N) is 1. The highest BCUT2D eigenvalue weighted by molar-refractivity contribution is 5.90. The second-order valence-electron chi connectivity index (χ2n) is 8.51. The lowest BCUT2D eigenvalue weighted by Gasteiger charge is -2.46. The van der Waals surface area contributed by atoms with E-state index >= 15 is 0 Å². The number of hydrogen-bond acceptors (Lipinski definition) is 11. The van der Waals surface area contributed by atoms with Crippen molar-refractivity contribution in [1.82, 2.24) is 0 Å². The van der Waals surface area contributed by atoms with E-state index in [-0.39, 0.29) is 24.8 Å². The molecular weight excluding hydrogens is 462 g/mol. The summed E-state index contributed by atoms with van der Waals surface area (Å²) in [4.78, 5) is 59.4. The summed E-state index contributed by atoms with van der Waals surface area (Å²) < 4.78 is 26.6. The lowest BCUT2D eigenvalue weighted by molar-refractivity contribution is -0.215. The summed E-state index contributed by atoms with van der Waals surface area (Å²) in [5, 5.41) is 0. The van der Waals surface area contributed by atoms with E-state index in [1.165, 1.54) is 40.9 Å². The molecule has 192 valence electrons. The number of methoxy groups -OCH3 is 1. The maximum atomic E-state index is 12.1. The van der Waals surface area contributed by atoms with Crippen molar-refractivity contribution in [3.05, 3.63) is 29.3 Å². The first-order valence-corrected chi connectivity index (χ1v) is 11.0. The van der Waals surface area contributed by atoms with Crippen molar-refractivity contribution in [3.8, 4) is 0 Å². The number of hydrogen-bond donors (Lipinski definition) is 1. The minimum atomic E-state index is -1.24. The van der Waals surface area contributed by atoms with Crippen LogP contribution < -0.4 is 5.73 Å². The molecule has 0 heterocycles. The molecule has 0 bridgehead atoms. The van der Waals surface area contributed by atoms with Gasteiger partial charge in [-0.2, -0.15) is 0 Å². The number of rotatable bonds is 8. The highest BCUT2D eigenvalue weighted by Gasteiger charge is 2.52. The van der Waals surface area contributed by atoms with Crippen LogP contribution >= 0.6 is 0 Å². The van der Waals surface area contributed by atoms with E-state index in [4.69, 9.17) is 29.4 Å². The molecule has 0 aliphatic heterocycles. The number of ether oxygens (including phenoxy) is 5. The maximum Gasteiger partial charge on any atom is 0.337 e. The third kappa shape index (κ3) is 7.97. The fourth-order valence-electron chi connectivity index (χ4n) is 4.39. The molecule has 1 aromatic rings. The molecule has 1 fully saturated rings. The molecule has 1 saturated carbocycles. The zero-order valence-corrected chi connectivity index (χ0v) is 20.5. The van der Waals surface area contributed by atoms with Gasteiger partial charge in [-0.3, -0.25) is 19.2 Å². The van der Waals surface area contributed by atoms with Gasteiger partial charge in [0.15, 0.2) is 6.10 Å². The quantitative estimate of drug-likeness (QED) is 0.320. The van der Waals surface area contributed by atoms with E-state index in [0.717, 1.165) is 0 Å². The highest BCUT2D eigenvalue weighted by atomic mass is 16.6. The number of anilines is 1. The highest BCUT2D eigenvalue weighted by Crippen LogP contribution is 2.40. The Balaban J connectivity index is 2.44. The molecule has 11 heteroatoms. The molecule has 0 saturated heterocycles. The average molecular weight is 494 g/mol. The number of aryl methyl sites for hydroxylation is 1. The van der Waals surface area contributed by atoms with E-state index in [0.29, 0.717) is 17.7 Å². The Bertz CT molecular complexity index is 963. The molecule has 2 atom stereocenters. The van der Waals surface area contributed by atoms with E-state index in [1.54, 1.807) is 12.1 Å². The Labute approximate surface area is 203 Å². The normalized spacial score (nSPS) is 23.5. The smallest absolute Gasteiger partial charge is 0.337 e. The van der Waals surface area contributed by atoms with Crippen LogP contribution in [0.5, 0.6) is 0 Å². The molecular formula is C24H31NO10. The Kier molecular flexibility index (Phi) is 9.21. The Morgan fingerprint density at radius 3 is 1.86 bits per heavy atom. The summed E-state index contributed by atoms with van der Waals surface area (Å²) in [6.45, 7) is 4.80. The van der Waals surface area contributed by atoms with Crippen LogP contribution in [-0.4, -0.2) is 60.9 Å². The van der Waals surface area contributed by atoms with Gasteiger partial charge in [0.2, 0.25) is 0 Å². The molecule has 1 aliphatic carbocycles. The number of carbonyl (C=O) groups is 5. The van der Waals surface area contributed by atoms with Crippen molar-refractivity contribution in [2.75, 3.05) is 12.8 Å². The van der Waals surface area contributed by atoms with Crippen LogP contribution in [0.4, 0.5) is 5.69 Å². The molecule has 35 heavy (non-hydrogen) atoms. The Morgan fingerprint density at radius 2 is 1.40 bits per heavy atom. The summed E-state index contributed by atoms with van der Waals surface area (Å²) in [6, 6.07) is 4.77. The van der Waals surface area contributed by atoms with Crippen LogP contribution in [0.1, 0.15) is 62.9 Å². The van der Waals surface area contributed by atoms with Crippen molar-refractivity contribution >= 4 is 35.5 Å². The number of esters is 5. The van der Waals surface area contributed by atoms with E-state index in [2.05, 4.69) is 0 Å². The van der Waals surface area contributed by atoms with Crippen LogP contribution in [0.15, 0.2) is 18.2 Å². The van der Waals surface area contributed by atoms with Crippen LogP contribution in [0, 0.1) is 0 Å². The molecule has 1 aliphatic rings. The van der Waals surface area contributed by atoms with E-state index < -0.39 is 53.8 Å². The second-order valence-corrected chi connectivity index (χ2v) is 8.51. The van der Waals surface area contributed by atoms with Gasteiger partial charge in [-0.05, 0) is 36.6 Å². The molecule has 2 rings (SSSR count). The molecule has 1 aromatic carbocycles. The zero-order chi connectivity index (χ0) is 26.3. The first kappa shape index (κ1) is 27.6. The first-order valence-electron chi connectivity index (χ1n) is 11.0. The van der Waals surface area contributed by atoms with Gasteiger partial charge >= 0.3 is 29.8 Å². The van der Waals surface area contributed by atoms with Gasteiger partial charge in [-0.1, -0.05) is 0 Å². The van der Waals surface area contributed by atoms with Gasteiger partial charge in [-0.15, -0.1) is 0 Å². The molecule has 0 radical (unpaired) electrons. The minimum Gasteiger partial charge on any atom is -0.465 e. The minimum absolute atomic E-state index is 0.00591. The van der Waals surface area contributed by atoms with Crippen molar-refractivity contribution in [3.63, 3.8) is 0 Å². The van der Waals surface area contributed by atoms with E-state index in [9.17, 15) is 24.0 Å². The maximum absolute atomic E-state index is 12.1. The number of nitrogen functional groups attached to an aromatic ring is 1. The molecule has 0 aromatic heterocycles. The summed E-state index contributed by atoms with van der Waals surface area (Å²) in [5.74, 6) is -3.10. The number of carbonyl (C=O) groups excluding carboxylic acids is 5. The van der Waals surface area contributed by atoms with Crippen LogP contribution in [0.25, 0.3) is 0 Å². The van der Waals surface area contributed by atoms with Crippen molar-refractivity contribution in [2.24, 2.45) is 0 Å². The summed E-state index contributed by atoms with van der Waals surface area (Å²) >= 11 is 0. The van der Waals surface area contributed by atoms with Crippen molar-refractivity contribution in [1.29, 1.82) is 0 Å². The van der Waals surface area contributed by atoms with Crippen LogP contribution in [0.2, 0.25) is 0 Å². The zero-order valence-electron chi connectivity index (χ0n) is 20.5. The summed E-state index contributed by atoms with van der Waals surface area (Å²) in [5.41, 5.74) is 5.98. The third-order valence-corrected chi connectivity index (χ3v) is 5.48. The fraction of sp³-hybridized carbons (Fsp3) is 0.542. The van der Waals surface area contributed by atoms with Gasteiger partial charge < -0.3 is 29.4 Å². The second kappa shape index (κ2) is 11.7. The van der Waals surface area contributed by atoms with Gasteiger partial charge in [0.05, 0.1) is 12.7 Å². The third-order valence-electron chi connectivity index (χ3n) is 5.48. The molecule has 11 nitrogen and oxygen atoms in total. The largest absolute Gasteiger partial charge is 0.465 e. The van der Waals surface area contributed by atoms with Gasteiger partial charge in [0, 0.05) is 46.2 Å². The van der Waals surface area contributed by atoms with E-state index in [1.807, 2.05) is 0 Å².